The lowest BCUT2D eigenvalue weighted by molar-refractivity contribution is -0.110. The summed E-state index contributed by atoms with van der Waals surface area (Å²) in [5, 5.41) is 10.3. The molecule has 2 aromatic carbocycles. The van der Waals surface area contributed by atoms with Crippen molar-refractivity contribution in [2.45, 2.75) is 6.54 Å². The minimum Gasteiger partial charge on any atom is -0.465 e. The molecule has 0 fully saturated rings. The first kappa shape index (κ1) is 20.8. The lowest BCUT2D eigenvalue weighted by Crippen LogP contribution is -2.11. The molecule has 0 unspecified atom stereocenters. The van der Waals surface area contributed by atoms with Crippen molar-refractivity contribution in [2.24, 2.45) is 0 Å². The van der Waals surface area contributed by atoms with Crippen LogP contribution >= 0.6 is 11.3 Å². The number of rotatable bonds is 6. The van der Waals surface area contributed by atoms with Gasteiger partial charge in [-0.15, -0.1) is 0 Å². The molecule has 7 heteroatoms. The van der Waals surface area contributed by atoms with E-state index in [9.17, 15) is 9.59 Å². The Balaban J connectivity index is 1.75. The fourth-order valence-corrected chi connectivity index (χ4v) is 4.20. The quantitative estimate of drug-likeness (QED) is 0.442. The minimum absolute atomic E-state index is 0.213. The van der Waals surface area contributed by atoms with Crippen molar-refractivity contribution in [2.75, 3.05) is 31.8 Å². The van der Waals surface area contributed by atoms with Gasteiger partial charge in [0.05, 0.1) is 29.6 Å². The molecule has 3 aromatic rings. The minimum atomic E-state index is -0.441. The number of fused-ring (bicyclic) bond motifs is 1. The number of ether oxygens (including phenoxy) is 1. The number of amides is 1. The van der Waals surface area contributed by atoms with E-state index in [-0.39, 0.29) is 5.91 Å². The molecule has 31 heavy (non-hydrogen) atoms. The maximum absolute atomic E-state index is 13.0. The van der Waals surface area contributed by atoms with Crippen LogP contribution < -0.4 is 10.6 Å². The fraction of sp³-hybridized carbons (Fsp3) is 0.167. The zero-order chi connectivity index (χ0) is 22.0. The molecular formula is C24H23N3O3S. The van der Waals surface area contributed by atoms with Crippen LogP contribution in [-0.2, 0) is 16.1 Å². The van der Waals surface area contributed by atoms with Crippen LogP contribution in [0.25, 0.3) is 11.3 Å². The zero-order valence-electron chi connectivity index (χ0n) is 17.6. The fourth-order valence-electron chi connectivity index (χ4n) is 3.55. The summed E-state index contributed by atoms with van der Waals surface area (Å²) in [6.45, 7) is 0.858. The maximum atomic E-state index is 13.0. The van der Waals surface area contributed by atoms with E-state index in [1.807, 2.05) is 43.1 Å². The number of methoxy groups -OCH3 is 1. The average Bonchev–Trinajstić information content (AvgIpc) is 3.39. The molecule has 1 aliphatic heterocycles. The number of anilines is 2. The molecule has 1 aromatic heterocycles. The van der Waals surface area contributed by atoms with Gasteiger partial charge in [-0.2, -0.15) is 11.3 Å². The summed E-state index contributed by atoms with van der Waals surface area (Å²) in [7, 11) is 5.40. The number of thiophene rings is 1. The number of hydrogen-bond donors (Lipinski definition) is 2. The topological polar surface area (TPSA) is 70.7 Å². The monoisotopic (exact) mass is 433 g/mol. The molecule has 1 amide bonds. The van der Waals surface area contributed by atoms with E-state index in [4.69, 9.17) is 4.74 Å². The summed E-state index contributed by atoms with van der Waals surface area (Å²) in [6.07, 6.45) is 0. The van der Waals surface area contributed by atoms with Crippen molar-refractivity contribution in [1.29, 1.82) is 0 Å². The van der Waals surface area contributed by atoms with Crippen LogP contribution in [0, 0.1) is 0 Å². The van der Waals surface area contributed by atoms with Crippen molar-refractivity contribution < 1.29 is 14.3 Å². The summed E-state index contributed by atoms with van der Waals surface area (Å²) in [6, 6.07) is 15.3. The van der Waals surface area contributed by atoms with E-state index in [0.717, 1.165) is 29.1 Å². The number of esters is 1. The molecule has 1 aliphatic rings. The highest BCUT2D eigenvalue weighted by Crippen LogP contribution is 2.38. The Morgan fingerprint density at radius 2 is 1.87 bits per heavy atom. The van der Waals surface area contributed by atoms with Gasteiger partial charge < -0.3 is 20.3 Å². The highest BCUT2D eigenvalue weighted by molar-refractivity contribution is 7.08. The summed E-state index contributed by atoms with van der Waals surface area (Å²) in [5.41, 5.74) is 6.03. The van der Waals surface area contributed by atoms with Gasteiger partial charge in [0.1, 0.15) is 0 Å². The van der Waals surface area contributed by atoms with E-state index in [1.54, 1.807) is 29.5 Å². The number of nitrogens with zero attached hydrogens (tertiary/aromatic N) is 1. The normalized spacial score (nSPS) is 14.3. The van der Waals surface area contributed by atoms with Crippen LogP contribution in [0.2, 0.25) is 0 Å². The van der Waals surface area contributed by atoms with Gasteiger partial charge in [0.15, 0.2) is 0 Å². The van der Waals surface area contributed by atoms with E-state index >= 15 is 0 Å². The van der Waals surface area contributed by atoms with Gasteiger partial charge in [0.25, 0.3) is 5.91 Å². The Hall–Kier alpha value is -3.42. The first-order valence-corrected chi connectivity index (χ1v) is 10.7. The molecule has 158 valence electrons. The molecule has 0 atom stereocenters. The smallest absolute Gasteiger partial charge is 0.337 e. The van der Waals surface area contributed by atoms with Crippen LogP contribution in [0.4, 0.5) is 11.4 Å². The van der Waals surface area contributed by atoms with Gasteiger partial charge >= 0.3 is 5.97 Å². The Morgan fingerprint density at radius 1 is 1.10 bits per heavy atom. The molecule has 0 aliphatic carbocycles. The van der Waals surface area contributed by atoms with Crippen molar-refractivity contribution in [3.63, 3.8) is 0 Å². The lowest BCUT2D eigenvalue weighted by atomic mass is 10.00. The van der Waals surface area contributed by atoms with Crippen molar-refractivity contribution in [3.05, 3.63) is 81.5 Å². The molecule has 0 saturated heterocycles. The summed E-state index contributed by atoms with van der Waals surface area (Å²) >= 11 is 1.57. The first-order valence-electron chi connectivity index (χ1n) is 9.78. The van der Waals surface area contributed by atoms with Crippen LogP contribution in [0.1, 0.15) is 27.0 Å². The van der Waals surface area contributed by atoms with Crippen molar-refractivity contribution in [3.8, 4) is 0 Å². The third kappa shape index (κ3) is 4.38. The van der Waals surface area contributed by atoms with Crippen LogP contribution in [0.3, 0.4) is 0 Å². The largest absolute Gasteiger partial charge is 0.465 e. The number of benzene rings is 2. The van der Waals surface area contributed by atoms with Gasteiger partial charge in [-0.3, -0.25) is 4.79 Å². The van der Waals surface area contributed by atoms with Crippen LogP contribution in [-0.4, -0.2) is 38.0 Å². The van der Waals surface area contributed by atoms with Crippen molar-refractivity contribution in [1.82, 2.24) is 4.90 Å². The Morgan fingerprint density at radius 3 is 2.52 bits per heavy atom. The molecule has 6 nitrogen and oxygen atoms in total. The van der Waals surface area contributed by atoms with Gasteiger partial charge in [-0.1, -0.05) is 18.2 Å². The second-order valence-corrected chi connectivity index (χ2v) is 8.31. The first-order chi connectivity index (χ1) is 15.0. The van der Waals surface area contributed by atoms with Gasteiger partial charge in [0, 0.05) is 28.7 Å². The Bertz CT molecular complexity index is 1150. The number of hydrogen-bond acceptors (Lipinski definition) is 6. The van der Waals surface area contributed by atoms with Crippen LogP contribution in [0.15, 0.2) is 59.3 Å². The van der Waals surface area contributed by atoms with Gasteiger partial charge in [-0.25, -0.2) is 4.79 Å². The average molecular weight is 434 g/mol. The number of nitrogens with one attached hydrogen (secondary N) is 2. The standard InChI is InChI=1S/C24H23N3O3S/c1-27(2)13-15-4-7-18(8-5-15)25-22(17-10-11-31-14-17)21-19-9-6-16(24(29)30-3)12-20(19)26-23(21)28/h4-12,14,25H,13H2,1-3H3,(H,26,28)/b22-21-. The van der Waals surface area contributed by atoms with Crippen molar-refractivity contribution >= 4 is 45.9 Å². The van der Waals surface area contributed by atoms with E-state index in [0.29, 0.717) is 16.8 Å². The second-order valence-electron chi connectivity index (χ2n) is 7.53. The third-order valence-electron chi connectivity index (χ3n) is 4.97. The van der Waals surface area contributed by atoms with E-state index in [1.165, 1.54) is 12.7 Å². The molecule has 0 bridgehead atoms. The molecule has 0 radical (unpaired) electrons. The maximum Gasteiger partial charge on any atom is 0.337 e. The molecule has 4 rings (SSSR count). The summed E-state index contributed by atoms with van der Waals surface area (Å²) < 4.78 is 4.79. The SMILES string of the molecule is COC(=O)c1ccc2c(c1)NC(=O)/C2=C(\Nc1ccc(CN(C)C)cc1)c1ccsc1. The molecule has 2 heterocycles. The highest BCUT2D eigenvalue weighted by Gasteiger charge is 2.29. The Labute approximate surface area is 185 Å². The van der Waals surface area contributed by atoms with E-state index in [2.05, 4.69) is 27.7 Å². The second kappa shape index (κ2) is 8.75. The summed E-state index contributed by atoms with van der Waals surface area (Å²) in [4.78, 5) is 26.9. The molecule has 0 saturated carbocycles. The molecule has 0 spiro atoms. The molecule has 2 N–H and O–H groups in total. The summed E-state index contributed by atoms with van der Waals surface area (Å²) in [5.74, 6) is -0.654. The Kier molecular flexibility index (Phi) is 5.88. The number of carbonyl (C=O) groups is 2. The lowest BCUT2D eigenvalue weighted by Gasteiger charge is -2.15. The predicted molar refractivity (Wildman–Crippen MR) is 125 cm³/mol. The van der Waals surface area contributed by atoms with Gasteiger partial charge in [0.2, 0.25) is 0 Å². The predicted octanol–water partition coefficient (Wildman–Crippen LogP) is 4.53. The zero-order valence-corrected chi connectivity index (χ0v) is 18.4. The van der Waals surface area contributed by atoms with Gasteiger partial charge in [-0.05, 0) is 55.4 Å². The van der Waals surface area contributed by atoms with E-state index < -0.39 is 5.97 Å². The molecular weight excluding hydrogens is 410 g/mol. The highest BCUT2D eigenvalue weighted by atomic mass is 32.1. The number of carbonyl (C=O) groups excluding carboxylic acids is 2. The van der Waals surface area contributed by atoms with Crippen LogP contribution in [0.5, 0.6) is 0 Å². The third-order valence-corrected chi connectivity index (χ3v) is 5.65.